The number of aliphatic hydroxyl groups excluding tert-OH is 1. The number of pyridine rings is 1. The molecule has 0 amide bonds. The zero-order chi connectivity index (χ0) is 20.6. The van der Waals surface area contributed by atoms with Crippen molar-refractivity contribution in [2.24, 2.45) is 0 Å². The number of nitrogens with zero attached hydrogens (tertiary/aromatic N) is 3. The van der Waals surface area contributed by atoms with Gasteiger partial charge in [-0.25, -0.2) is 0 Å². The molecule has 6 nitrogen and oxygen atoms in total. The minimum Gasteiger partial charge on any atom is -0.507 e. The molecule has 0 bridgehead atoms. The maximum Gasteiger partial charge on any atom is 0.416 e. The number of phenols is 1. The maximum atomic E-state index is 12.9. The Balaban J connectivity index is 1.76. The molecule has 1 aliphatic rings. The van der Waals surface area contributed by atoms with Gasteiger partial charge in [0.05, 0.1) is 17.7 Å². The number of hydrogen-bond donors (Lipinski definition) is 3. The van der Waals surface area contributed by atoms with Gasteiger partial charge < -0.3 is 15.5 Å². The van der Waals surface area contributed by atoms with Gasteiger partial charge in [0.15, 0.2) is 5.82 Å². The number of phenolic OH excluding ortho intramolecular Hbond substituents is 1. The lowest BCUT2D eigenvalue weighted by molar-refractivity contribution is -0.137. The Morgan fingerprint density at radius 3 is 2.55 bits per heavy atom. The Bertz CT molecular complexity index is 1040. The molecule has 2 atom stereocenters. The van der Waals surface area contributed by atoms with Crippen molar-refractivity contribution in [3.8, 4) is 17.0 Å². The van der Waals surface area contributed by atoms with E-state index in [-0.39, 0.29) is 17.3 Å². The predicted octanol–water partition coefficient (Wildman–Crippen LogP) is 4.13. The van der Waals surface area contributed by atoms with E-state index in [4.69, 9.17) is 0 Å². The number of nitrogens with one attached hydrogen (secondary N) is 1. The quantitative estimate of drug-likeness (QED) is 0.608. The third kappa shape index (κ3) is 3.82. The predicted molar refractivity (Wildman–Crippen MR) is 101 cm³/mol. The summed E-state index contributed by atoms with van der Waals surface area (Å²) in [6.07, 6.45) is 1.54. The van der Waals surface area contributed by atoms with Gasteiger partial charge in [-0.05, 0) is 37.1 Å². The van der Waals surface area contributed by atoms with E-state index in [9.17, 15) is 23.4 Å². The average molecular weight is 404 g/mol. The smallest absolute Gasteiger partial charge is 0.416 e. The summed E-state index contributed by atoms with van der Waals surface area (Å²) in [5.74, 6) is -0.0776. The first kappa shape index (κ1) is 19.4. The lowest BCUT2D eigenvalue weighted by Gasteiger charge is -2.29. The molecule has 0 aliphatic heterocycles. The molecule has 29 heavy (non-hydrogen) atoms. The van der Waals surface area contributed by atoms with Gasteiger partial charge in [-0.15, -0.1) is 10.2 Å². The van der Waals surface area contributed by atoms with Gasteiger partial charge in [0.25, 0.3) is 0 Å². The standard InChI is InChI=1S/C20H19F3N4O2/c21-20(22,23)11-5-6-13(17(29)9-11)18-14-10-24-8-7-12(14)19(27-26-18)25-15-3-1-2-4-16(15)28/h5-10,15-16,28-29H,1-4H2,(H,25,27)/t15?,16-/m1/s1. The molecule has 9 heteroatoms. The van der Waals surface area contributed by atoms with E-state index < -0.39 is 23.6 Å². The highest BCUT2D eigenvalue weighted by Gasteiger charge is 2.31. The van der Waals surface area contributed by atoms with Gasteiger partial charge in [0.1, 0.15) is 11.4 Å². The molecule has 1 aromatic carbocycles. The van der Waals surface area contributed by atoms with Crippen molar-refractivity contribution in [2.45, 2.75) is 44.0 Å². The average Bonchev–Trinajstić information content (AvgIpc) is 2.69. The van der Waals surface area contributed by atoms with Crippen LogP contribution in [-0.2, 0) is 6.18 Å². The number of benzene rings is 1. The molecule has 1 fully saturated rings. The number of aliphatic hydroxyl groups is 1. The van der Waals surface area contributed by atoms with Crippen molar-refractivity contribution in [1.82, 2.24) is 15.2 Å². The Morgan fingerprint density at radius 2 is 1.83 bits per heavy atom. The molecule has 4 rings (SSSR count). The van der Waals surface area contributed by atoms with E-state index in [1.807, 2.05) is 0 Å². The second kappa shape index (κ2) is 7.47. The Hall–Kier alpha value is -2.94. The Morgan fingerprint density at radius 1 is 1.03 bits per heavy atom. The molecule has 0 spiro atoms. The highest BCUT2D eigenvalue weighted by Crippen LogP contribution is 2.38. The van der Waals surface area contributed by atoms with E-state index in [1.54, 1.807) is 12.3 Å². The second-order valence-electron chi connectivity index (χ2n) is 7.15. The lowest BCUT2D eigenvalue weighted by Crippen LogP contribution is -2.36. The Kier molecular flexibility index (Phi) is 4.99. The van der Waals surface area contributed by atoms with E-state index in [0.29, 0.717) is 29.1 Å². The van der Waals surface area contributed by atoms with Crippen LogP contribution in [0.3, 0.4) is 0 Å². The monoisotopic (exact) mass is 404 g/mol. The van der Waals surface area contributed by atoms with Gasteiger partial charge in [0.2, 0.25) is 0 Å². The fraction of sp³-hybridized carbons (Fsp3) is 0.350. The molecule has 0 radical (unpaired) electrons. The SMILES string of the molecule is Oc1cc(C(F)(F)F)ccc1-c1nnc(NC2CCCC[C@H]2O)c2ccncc12. The fourth-order valence-electron chi connectivity index (χ4n) is 3.67. The summed E-state index contributed by atoms with van der Waals surface area (Å²) in [5.41, 5.74) is -0.583. The van der Waals surface area contributed by atoms with E-state index in [2.05, 4.69) is 20.5 Å². The highest BCUT2D eigenvalue weighted by atomic mass is 19.4. The van der Waals surface area contributed by atoms with Crippen molar-refractivity contribution in [1.29, 1.82) is 0 Å². The third-order valence-corrected chi connectivity index (χ3v) is 5.21. The van der Waals surface area contributed by atoms with Crippen LogP contribution in [0.4, 0.5) is 19.0 Å². The van der Waals surface area contributed by atoms with Crippen LogP contribution in [0.5, 0.6) is 5.75 Å². The van der Waals surface area contributed by atoms with Gasteiger partial charge >= 0.3 is 6.18 Å². The highest BCUT2D eigenvalue weighted by molar-refractivity contribution is 6.00. The summed E-state index contributed by atoms with van der Waals surface area (Å²) in [4.78, 5) is 4.08. The molecule has 3 aromatic rings. The van der Waals surface area contributed by atoms with E-state index >= 15 is 0 Å². The normalized spacial score (nSPS) is 20.0. The minimum atomic E-state index is -4.56. The van der Waals surface area contributed by atoms with Crippen molar-refractivity contribution < 1.29 is 23.4 Å². The molecule has 2 heterocycles. The molecule has 1 unspecified atom stereocenters. The number of fused-ring (bicyclic) bond motifs is 1. The fourth-order valence-corrected chi connectivity index (χ4v) is 3.67. The number of aromatic hydroxyl groups is 1. The number of alkyl halides is 3. The molecular weight excluding hydrogens is 385 g/mol. The molecular formula is C20H19F3N4O2. The van der Waals surface area contributed by atoms with Crippen LogP contribution < -0.4 is 5.32 Å². The number of aromatic nitrogens is 3. The topological polar surface area (TPSA) is 91.2 Å². The van der Waals surface area contributed by atoms with Crippen LogP contribution in [0.1, 0.15) is 31.2 Å². The van der Waals surface area contributed by atoms with Crippen LogP contribution in [0.2, 0.25) is 0 Å². The van der Waals surface area contributed by atoms with Crippen LogP contribution >= 0.6 is 0 Å². The largest absolute Gasteiger partial charge is 0.507 e. The molecule has 152 valence electrons. The summed E-state index contributed by atoms with van der Waals surface area (Å²) in [6.45, 7) is 0. The molecule has 2 aromatic heterocycles. The number of rotatable bonds is 3. The summed E-state index contributed by atoms with van der Waals surface area (Å²) < 4.78 is 38.7. The molecule has 1 saturated carbocycles. The first-order valence-electron chi connectivity index (χ1n) is 9.30. The van der Waals surface area contributed by atoms with Crippen LogP contribution in [-0.4, -0.2) is 37.5 Å². The lowest BCUT2D eigenvalue weighted by atomic mass is 9.92. The van der Waals surface area contributed by atoms with Crippen LogP contribution in [0.15, 0.2) is 36.7 Å². The maximum absolute atomic E-state index is 12.9. The minimum absolute atomic E-state index is 0.132. The zero-order valence-corrected chi connectivity index (χ0v) is 15.3. The number of hydrogen-bond acceptors (Lipinski definition) is 6. The van der Waals surface area contributed by atoms with Crippen molar-refractivity contribution >= 4 is 16.6 Å². The van der Waals surface area contributed by atoms with Crippen LogP contribution in [0, 0.1) is 0 Å². The van der Waals surface area contributed by atoms with Gasteiger partial charge in [0, 0.05) is 28.7 Å². The van der Waals surface area contributed by atoms with Crippen molar-refractivity contribution in [3.63, 3.8) is 0 Å². The first-order valence-corrected chi connectivity index (χ1v) is 9.30. The summed E-state index contributed by atoms with van der Waals surface area (Å²) in [5, 5.41) is 33.2. The third-order valence-electron chi connectivity index (χ3n) is 5.21. The molecule has 0 saturated heterocycles. The van der Waals surface area contributed by atoms with Gasteiger partial charge in [-0.1, -0.05) is 12.8 Å². The number of halogens is 3. The summed E-state index contributed by atoms with van der Waals surface area (Å²) >= 11 is 0. The second-order valence-corrected chi connectivity index (χ2v) is 7.15. The van der Waals surface area contributed by atoms with E-state index in [0.717, 1.165) is 25.3 Å². The first-order chi connectivity index (χ1) is 13.8. The zero-order valence-electron chi connectivity index (χ0n) is 15.3. The number of anilines is 1. The summed E-state index contributed by atoms with van der Waals surface area (Å²) in [6, 6.07) is 4.30. The van der Waals surface area contributed by atoms with Crippen LogP contribution in [0.25, 0.3) is 22.0 Å². The van der Waals surface area contributed by atoms with Crippen molar-refractivity contribution in [3.05, 3.63) is 42.2 Å². The van der Waals surface area contributed by atoms with Gasteiger partial charge in [-0.2, -0.15) is 13.2 Å². The summed E-state index contributed by atoms with van der Waals surface area (Å²) in [7, 11) is 0. The molecule has 1 aliphatic carbocycles. The Labute approximate surface area is 164 Å². The van der Waals surface area contributed by atoms with Crippen molar-refractivity contribution in [2.75, 3.05) is 5.32 Å². The van der Waals surface area contributed by atoms with Gasteiger partial charge in [-0.3, -0.25) is 4.98 Å². The molecule has 3 N–H and O–H groups in total. The van der Waals surface area contributed by atoms with E-state index in [1.165, 1.54) is 12.3 Å².